The Labute approximate surface area is 177 Å². The zero-order valence-corrected chi connectivity index (χ0v) is 18.1. The largest absolute Gasteiger partial charge is 0.352 e. The summed E-state index contributed by atoms with van der Waals surface area (Å²) in [5, 5.41) is 4.33. The highest BCUT2D eigenvalue weighted by Gasteiger charge is 2.41. The molecule has 0 radical (unpaired) electrons. The van der Waals surface area contributed by atoms with Crippen LogP contribution in [0, 0.1) is 19.8 Å². The van der Waals surface area contributed by atoms with Gasteiger partial charge >= 0.3 is 0 Å². The first-order chi connectivity index (χ1) is 14.0. The molecule has 4 heterocycles. The van der Waals surface area contributed by atoms with Crippen LogP contribution < -0.4 is 5.32 Å². The number of nitrogens with one attached hydrogen (secondary N) is 1. The predicted molar refractivity (Wildman–Crippen MR) is 120 cm³/mol. The van der Waals surface area contributed by atoms with E-state index in [4.69, 9.17) is 12.2 Å². The molecule has 5 nitrogen and oxygen atoms in total. The molecule has 1 N–H and O–H groups in total. The van der Waals surface area contributed by atoms with Crippen molar-refractivity contribution in [1.29, 1.82) is 0 Å². The Morgan fingerprint density at radius 3 is 2.41 bits per heavy atom. The average molecular weight is 406 g/mol. The van der Waals surface area contributed by atoms with E-state index in [1.807, 2.05) is 42.7 Å². The molecule has 2 atom stereocenters. The van der Waals surface area contributed by atoms with Gasteiger partial charge in [-0.1, -0.05) is 26.0 Å². The van der Waals surface area contributed by atoms with Crippen LogP contribution in [0.15, 0.2) is 54.9 Å². The smallest absolute Gasteiger partial charge is 0.170 e. The molecule has 0 aromatic carbocycles. The third-order valence-electron chi connectivity index (χ3n) is 5.43. The van der Waals surface area contributed by atoms with Crippen molar-refractivity contribution in [3.8, 4) is 5.82 Å². The van der Waals surface area contributed by atoms with Crippen LogP contribution in [0.4, 0.5) is 0 Å². The molecule has 1 aliphatic rings. The van der Waals surface area contributed by atoms with Gasteiger partial charge < -0.3 is 14.8 Å². The van der Waals surface area contributed by atoms with Crippen molar-refractivity contribution in [2.45, 2.75) is 39.8 Å². The van der Waals surface area contributed by atoms with Crippen LogP contribution in [0.5, 0.6) is 0 Å². The third-order valence-corrected chi connectivity index (χ3v) is 5.78. The van der Waals surface area contributed by atoms with E-state index in [0.717, 1.165) is 23.2 Å². The number of hydrogen-bond acceptors (Lipinski definition) is 3. The van der Waals surface area contributed by atoms with Gasteiger partial charge in [-0.2, -0.15) is 0 Å². The van der Waals surface area contributed by atoms with Gasteiger partial charge in [0, 0.05) is 30.3 Å². The lowest BCUT2D eigenvalue weighted by molar-refractivity contribution is 0.287. The molecule has 0 aliphatic carbocycles. The summed E-state index contributed by atoms with van der Waals surface area (Å²) in [7, 11) is 0. The lowest BCUT2D eigenvalue weighted by Gasteiger charge is -2.29. The van der Waals surface area contributed by atoms with Gasteiger partial charge in [-0.25, -0.2) is 4.98 Å². The minimum Gasteiger partial charge on any atom is -0.352 e. The molecule has 0 bridgehead atoms. The van der Waals surface area contributed by atoms with Crippen LogP contribution in [0.25, 0.3) is 5.82 Å². The van der Waals surface area contributed by atoms with Gasteiger partial charge in [0.05, 0.1) is 17.8 Å². The highest BCUT2D eigenvalue weighted by molar-refractivity contribution is 7.80. The average Bonchev–Trinajstić information content (AvgIpc) is 3.18. The maximum absolute atomic E-state index is 5.76. The Hall–Kier alpha value is -2.73. The Balaban J connectivity index is 1.83. The van der Waals surface area contributed by atoms with Crippen molar-refractivity contribution in [2.24, 2.45) is 5.92 Å². The molecule has 0 unspecified atom stereocenters. The van der Waals surface area contributed by atoms with Gasteiger partial charge in [-0.05, 0) is 67.9 Å². The molecule has 0 spiro atoms. The van der Waals surface area contributed by atoms with E-state index < -0.39 is 0 Å². The second-order valence-electron chi connectivity index (χ2n) is 8.02. The quantitative estimate of drug-likeness (QED) is 0.633. The first-order valence-corrected chi connectivity index (χ1v) is 10.5. The van der Waals surface area contributed by atoms with Gasteiger partial charge in [0.15, 0.2) is 5.11 Å². The molecule has 150 valence electrons. The van der Waals surface area contributed by atoms with E-state index >= 15 is 0 Å². The standard InChI is InChI=1S/C23H27N5S/c1-15(2)14-27-22(21(26-23(27)29)19-9-5-7-11-24-19)18-13-16(3)28(17(18)4)20-10-6-8-12-25-20/h5-13,15,21-22H,14H2,1-4H3,(H,26,29)/t21-,22-/m1/s1. The number of hydrogen-bond donors (Lipinski definition) is 1. The van der Waals surface area contributed by atoms with E-state index in [1.54, 1.807) is 0 Å². The summed E-state index contributed by atoms with van der Waals surface area (Å²) in [5.74, 6) is 1.44. The summed E-state index contributed by atoms with van der Waals surface area (Å²) in [5.41, 5.74) is 4.62. The Kier molecular flexibility index (Phi) is 5.37. The maximum atomic E-state index is 5.76. The summed E-state index contributed by atoms with van der Waals surface area (Å²) in [6.07, 6.45) is 3.68. The number of thiocarbonyl (C=S) groups is 1. The first kappa shape index (κ1) is 19.6. The molecule has 0 saturated carbocycles. The Morgan fingerprint density at radius 2 is 1.79 bits per heavy atom. The summed E-state index contributed by atoms with van der Waals surface area (Å²) in [6, 6.07) is 14.4. The van der Waals surface area contributed by atoms with Gasteiger partial charge in [-0.3, -0.25) is 4.98 Å². The summed E-state index contributed by atoms with van der Waals surface area (Å²) < 4.78 is 2.22. The van der Waals surface area contributed by atoms with Crippen LogP contribution in [-0.2, 0) is 0 Å². The van der Waals surface area contributed by atoms with Crippen molar-refractivity contribution < 1.29 is 0 Å². The number of aryl methyl sites for hydroxylation is 1. The summed E-state index contributed by atoms with van der Waals surface area (Å²) in [6.45, 7) is 9.65. The fourth-order valence-electron chi connectivity index (χ4n) is 4.26. The van der Waals surface area contributed by atoms with Crippen LogP contribution >= 0.6 is 12.2 Å². The third kappa shape index (κ3) is 3.65. The monoisotopic (exact) mass is 405 g/mol. The fraction of sp³-hybridized carbons (Fsp3) is 0.348. The normalized spacial score (nSPS) is 19.1. The van der Waals surface area contributed by atoms with Crippen LogP contribution in [-0.4, -0.2) is 31.1 Å². The van der Waals surface area contributed by atoms with E-state index in [0.29, 0.717) is 5.92 Å². The number of aromatic nitrogens is 3. The summed E-state index contributed by atoms with van der Waals surface area (Å²) in [4.78, 5) is 11.5. The Bertz CT molecular complexity index is 997. The van der Waals surface area contributed by atoms with Gasteiger partial charge in [0.25, 0.3) is 0 Å². The number of pyridine rings is 2. The highest BCUT2D eigenvalue weighted by Crippen LogP contribution is 2.41. The molecule has 29 heavy (non-hydrogen) atoms. The first-order valence-electron chi connectivity index (χ1n) is 10.1. The van der Waals surface area contributed by atoms with E-state index in [1.165, 1.54) is 17.0 Å². The molecule has 1 aliphatic heterocycles. The highest BCUT2D eigenvalue weighted by atomic mass is 32.1. The van der Waals surface area contributed by atoms with Crippen LogP contribution in [0.3, 0.4) is 0 Å². The zero-order chi connectivity index (χ0) is 20.5. The van der Waals surface area contributed by atoms with Crippen molar-refractivity contribution in [1.82, 2.24) is 24.8 Å². The van der Waals surface area contributed by atoms with Crippen molar-refractivity contribution in [3.05, 3.63) is 77.5 Å². The van der Waals surface area contributed by atoms with Crippen molar-refractivity contribution in [2.75, 3.05) is 6.54 Å². The van der Waals surface area contributed by atoms with Gasteiger partial charge in [-0.15, -0.1) is 0 Å². The second kappa shape index (κ2) is 7.95. The predicted octanol–water partition coefficient (Wildman–Crippen LogP) is 4.51. The van der Waals surface area contributed by atoms with Gasteiger partial charge in [0.1, 0.15) is 5.82 Å². The Morgan fingerprint density at radius 1 is 1.07 bits per heavy atom. The molecule has 1 saturated heterocycles. The molecule has 3 aromatic heterocycles. The minimum absolute atomic E-state index is 0.0140. The van der Waals surface area contributed by atoms with E-state index in [9.17, 15) is 0 Å². The van der Waals surface area contributed by atoms with Crippen molar-refractivity contribution >= 4 is 17.3 Å². The van der Waals surface area contributed by atoms with Crippen molar-refractivity contribution in [3.63, 3.8) is 0 Å². The molecule has 1 fully saturated rings. The second-order valence-corrected chi connectivity index (χ2v) is 8.41. The minimum atomic E-state index is 0.0140. The molecular formula is C23H27N5S. The van der Waals surface area contributed by atoms with Crippen LogP contribution in [0.1, 0.15) is 48.6 Å². The molecule has 0 amide bonds. The lowest BCUT2D eigenvalue weighted by atomic mass is 9.96. The SMILES string of the molecule is Cc1cc([C@@H]2[C@@H](c3ccccn3)NC(=S)N2CC(C)C)c(C)n1-c1ccccn1. The fourth-order valence-corrected chi connectivity index (χ4v) is 4.57. The molecule has 3 aromatic rings. The zero-order valence-electron chi connectivity index (χ0n) is 17.3. The molecule has 4 rings (SSSR count). The van der Waals surface area contributed by atoms with E-state index in [2.05, 4.69) is 64.6 Å². The molecule has 6 heteroatoms. The van der Waals surface area contributed by atoms with Crippen LogP contribution in [0.2, 0.25) is 0 Å². The van der Waals surface area contributed by atoms with Gasteiger partial charge in [0.2, 0.25) is 0 Å². The topological polar surface area (TPSA) is 46.0 Å². The summed E-state index contributed by atoms with van der Waals surface area (Å²) >= 11 is 5.76. The lowest BCUT2D eigenvalue weighted by Crippen LogP contribution is -2.33. The van der Waals surface area contributed by atoms with E-state index in [-0.39, 0.29) is 12.1 Å². The number of nitrogens with zero attached hydrogens (tertiary/aromatic N) is 4. The molecular weight excluding hydrogens is 378 g/mol. The number of rotatable bonds is 5. The maximum Gasteiger partial charge on any atom is 0.170 e.